The summed E-state index contributed by atoms with van der Waals surface area (Å²) in [7, 11) is -2.65. The van der Waals surface area contributed by atoms with Crippen LogP contribution in [0.1, 0.15) is 44.7 Å². The van der Waals surface area contributed by atoms with E-state index in [4.69, 9.17) is 18.4 Å². The molecule has 2 aromatic rings. The molecule has 0 saturated carbocycles. The van der Waals surface area contributed by atoms with Crippen LogP contribution >= 0.6 is 0 Å². The van der Waals surface area contributed by atoms with Crippen molar-refractivity contribution < 1.29 is 27.6 Å². The van der Waals surface area contributed by atoms with E-state index >= 15 is 0 Å². The lowest BCUT2D eigenvalue weighted by Gasteiger charge is -2.28. The largest absolute Gasteiger partial charge is 0.500 e. The molecule has 0 aliphatic heterocycles. The van der Waals surface area contributed by atoms with Gasteiger partial charge in [-0.3, -0.25) is 0 Å². The average molecular weight is 461 g/mol. The molecular formula is C25H33FO5Si. The molecule has 0 saturated heterocycles. The lowest BCUT2D eigenvalue weighted by molar-refractivity contribution is -0.131. The minimum Gasteiger partial charge on any atom is -0.478 e. The summed E-state index contributed by atoms with van der Waals surface area (Å²) in [5, 5.41) is 8.71. The van der Waals surface area contributed by atoms with Crippen molar-refractivity contribution in [3.63, 3.8) is 0 Å². The smallest absolute Gasteiger partial charge is 0.478 e. The van der Waals surface area contributed by atoms with Crippen LogP contribution in [-0.2, 0) is 24.5 Å². The summed E-state index contributed by atoms with van der Waals surface area (Å²) in [6.07, 6.45) is 4.92. The van der Waals surface area contributed by atoms with Crippen molar-refractivity contribution in [2.24, 2.45) is 0 Å². The highest BCUT2D eigenvalue weighted by molar-refractivity contribution is 6.60. The van der Waals surface area contributed by atoms with Crippen LogP contribution in [-0.4, -0.2) is 39.7 Å². The fraction of sp³-hybridized carbons (Fsp3) is 0.400. The van der Waals surface area contributed by atoms with Crippen molar-refractivity contribution in [2.45, 2.75) is 46.1 Å². The molecule has 5 nitrogen and oxygen atoms in total. The molecule has 0 amide bonds. The van der Waals surface area contributed by atoms with Gasteiger partial charge in [-0.05, 0) is 74.4 Å². The molecule has 7 heteroatoms. The number of carboxylic acids is 1. The summed E-state index contributed by atoms with van der Waals surface area (Å²) >= 11 is 0. The molecule has 1 N–H and O–H groups in total. The van der Waals surface area contributed by atoms with Crippen molar-refractivity contribution >= 4 is 20.8 Å². The van der Waals surface area contributed by atoms with E-state index in [9.17, 15) is 9.18 Å². The molecule has 0 aromatic heterocycles. The Morgan fingerprint density at radius 3 is 2.06 bits per heavy atom. The van der Waals surface area contributed by atoms with Gasteiger partial charge in [0.25, 0.3) is 0 Å². The van der Waals surface area contributed by atoms with Gasteiger partial charge in [0.1, 0.15) is 5.82 Å². The highest BCUT2D eigenvalue weighted by atomic mass is 28.4. The lowest BCUT2D eigenvalue weighted by atomic mass is 10.00. The predicted octanol–water partition coefficient (Wildman–Crippen LogP) is 5.96. The van der Waals surface area contributed by atoms with Gasteiger partial charge in [0.15, 0.2) is 0 Å². The Hall–Kier alpha value is -2.32. The Morgan fingerprint density at radius 2 is 1.53 bits per heavy atom. The van der Waals surface area contributed by atoms with E-state index in [1.54, 1.807) is 6.07 Å². The summed E-state index contributed by atoms with van der Waals surface area (Å²) in [6, 6.07) is 13.4. The number of rotatable bonds is 14. The number of carboxylic acid groups (broad SMARTS) is 1. The van der Waals surface area contributed by atoms with Crippen LogP contribution in [0.4, 0.5) is 4.39 Å². The van der Waals surface area contributed by atoms with E-state index in [1.165, 1.54) is 6.08 Å². The number of halogens is 1. The first-order chi connectivity index (χ1) is 15.4. The average Bonchev–Trinajstić information content (AvgIpc) is 2.77. The molecule has 0 atom stereocenters. The van der Waals surface area contributed by atoms with Gasteiger partial charge < -0.3 is 18.4 Å². The number of carbonyl (C=O) groups is 1. The zero-order chi connectivity index (χ0) is 23.4. The van der Waals surface area contributed by atoms with Gasteiger partial charge in [0, 0.05) is 31.9 Å². The zero-order valence-electron chi connectivity index (χ0n) is 19.1. The Balaban J connectivity index is 1.96. The van der Waals surface area contributed by atoms with Gasteiger partial charge in [-0.2, -0.15) is 0 Å². The van der Waals surface area contributed by atoms with Crippen LogP contribution in [0.15, 0.2) is 48.5 Å². The first-order valence-electron chi connectivity index (χ1n) is 11.1. The van der Waals surface area contributed by atoms with Crippen molar-refractivity contribution in [3.05, 3.63) is 65.5 Å². The third-order valence-corrected chi connectivity index (χ3v) is 8.14. The Kier molecular flexibility index (Phi) is 10.8. The number of unbranched alkanes of at least 4 members (excludes halogenated alkanes) is 1. The lowest BCUT2D eigenvalue weighted by Crippen LogP contribution is -2.45. The highest BCUT2D eigenvalue weighted by Crippen LogP contribution is 2.25. The summed E-state index contributed by atoms with van der Waals surface area (Å²) in [4.78, 5) is 10.6. The van der Waals surface area contributed by atoms with E-state index in [-0.39, 0.29) is 5.82 Å². The van der Waals surface area contributed by atoms with Gasteiger partial charge in [-0.25, -0.2) is 9.18 Å². The molecule has 0 spiro atoms. The quantitative estimate of drug-likeness (QED) is 0.214. The minimum atomic E-state index is -2.65. The molecule has 2 rings (SSSR count). The second-order valence-electron chi connectivity index (χ2n) is 7.29. The second kappa shape index (κ2) is 13.3. The van der Waals surface area contributed by atoms with Gasteiger partial charge in [-0.15, -0.1) is 0 Å². The van der Waals surface area contributed by atoms with Crippen molar-refractivity contribution in [2.75, 3.05) is 19.8 Å². The summed E-state index contributed by atoms with van der Waals surface area (Å²) in [5.41, 5.74) is 3.13. The fourth-order valence-corrected chi connectivity index (χ4v) is 6.23. The van der Waals surface area contributed by atoms with Crippen molar-refractivity contribution in [1.29, 1.82) is 0 Å². The normalized spacial score (nSPS) is 11.9. The molecule has 0 bridgehead atoms. The SMILES string of the molecule is CCO[Si](CCCCc1ccc(-c2ccc(C=CC(=O)O)cc2)cc1F)(OCC)OCC. The van der Waals surface area contributed by atoms with Crippen LogP contribution < -0.4 is 0 Å². The van der Waals surface area contributed by atoms with E-state index in [1.807, 2.05) is 57.2 Å². The van der Waals surface area contributed by atoms with Crippen LogP contribution in [0.25, 0.3) is 17.2 Å². The standard InChI is InChI=1S/C25H33FO5Si/c1-4-29-32(30-5-2,31-6-3)18-8-7-9-22-15-16-23(19-24(22)26)21-13-10-20(11-14-21)12-17-25(27)28/h10-17,19H,4-9,18H2,1-3H3,(H,27,28). The number of aliphatic carboxylic acids is 1. The van der Waals surface area contributed by atoms with E-state index < -0.39 is 14.8 Å². The number of benzene rings is 2. The molecular weight excluding hydrogens is 427 g/mol. The fourth-order valence-electron chi connectivity index (χ4n) is 3.54. The predicted molar refractivity (Wildman–Crippen MR) is 127 cm³/mol. The minimum absolute atomic E-state index is 0.222. The summed E-state index contributed by atoms with van der Waals surface area (Å²) < 4.78 is 32.3. The zero-order valence-corrected chi connectivity index (χ0v) is 20.1. The van der Waals surface area contributed by atoms with Gasteiger partial charge in [0.05, 0.1) is 0 Å². The maximum absolute atomic E-state index is 14.7. The first-order valence-corrected chi connectivity index (χ1v) is 13.1. The summed E-state index contributed by atoms with van der Waals surface area (Å²) in [6.45, 7) is 7.49. The molecule has 0 aliphatic carbocycles. The van der Waals surface area contributed by atoms with Crippen LogP contribution in [0, 0.1) is 5.82 Å². The molecule has 0 fully saturated rings. The third kappa shape index (κ3) is 7.98. The maximum atomic E-state index is 14.7. The van der Waals surface area contributed by atoms with Crippen molar-refractivity contribution in [3.8, 4) is 11.1 Å². The molecule has 0 radical (unpaired) electrons. The maximum Gasteiger partial charge on any atom is 0.500 e. The van der Waals surface area contributed by atoms with E-state index in [0.29, 0.717) is 31.8 Å². The third-order valence-electron chi connectivity index (χ3n) is 4.99. The Labute approximate surface area is 191 Å². The van der Waals surface area contributed by atoms with Crippen LogP contribution in [0.5, 0.6) is 0 Å². The molecule has 0 heterocycles. The van der Waals surface area contributed by atoms with E-state index in [0.717, 1.165) is 41.7 Å². The molecule has 174 valence electrons. The molecule has 32 heavy (non-hydrogen) atoms. The first kappa shape index (κ1) is 25.9. The van der Waals surface area contributed by atoms with Crippen LogP contribution in [0.3, 0.4) is 0 Å². The number of aryl methyl sites for hydroxylation is 1. The summed E-state index contributed by atoms with van der Waals surface area (Å²) in [5.74, 6) is -1.21. The highest BCUT2D eigenvalue weighted by Gasteiger charge is 2.39. The Bertz CT molecular complexity index is 865. The Morgan fingerprint density at radius 1 is 0.938 bits per heavy atom. The molecule has 0 unspecified atom stereocenters. The van der Waals surface area contributed by atoms with Gasteiger partial charge >= 0.3 is 14.8 Å². The van der Waals surface area contributed by atoms with Gasteiger partial charge in [-0.1, -0.05) is 36.4 Å². The molecule has 2 aromatic carbocycles. The monoisotopic (exact) mass is 460 g/mol. The molecule has 0 aliphatic rings. The van der Waals surface area contributed by atoms with E-state index in [2.05, 4.69) is 0 Å². The topological polar surface area (TPSA) is 65.0 Å². The van der Waals surface area contributed by atoms with Crippen molar-refractivity contribution in [1.82, 2.24) is 0 Å². The van der Waals surface area contributed by atoms with Gasteiger partial charge in [0.2, 0.25) is 0 Å². The number of hydrogen-bond donors (Lipinski definition) is 1. The van der Waals surface area contributed by atoms with Crippen LogP contribution in [0.2, 0.25) is 6.04 Å². The number of hydrogen-bond acceptors (Lipinski definition) is 4. The second-order valence-corrected chi connectivity index (χ2v) is 10.0.